The predicted molar refractivity (Wildman–Crippen MR) is 113 cm³/mol. The van der Waals surface area contributed by atoms with E-state index in [-0.39, 0.29) is 17.8 Å². The van der Waals surface area contributed by atoms with Crippen molar-refractivity contribution in [1.29, 1.82) is 0 Å². The minimum Gasteiger partial charge on any atom is -0.365 e. The number of alkyl halides is 2. The van der Waals surface area contributed by atoms with Crippen molar-refractivity contribution in [2.24, 2.45) is 18.5 Å². The van der Waals surface area contributed by atoms with E-state index in [1.807, 2.05) is 42.1 Å². The maximum Gasteiger partial charge on any atom is 0.264 e. The molecule has 4 rings (SSSR count). The van der Waals surface area contributed by atoms with Crippen molar-refractivity contribution >= 4 is 34.1 Å². The monoisotopic (exact) mass is 414 g/mol. The number of anilines is 3. The van der Waals surface area contributed by atoms with Crippen LogP contribution in [-0.2, 0) is 7.05 Å². The molecular formula is C21H24F2N6O. The zero-order valence-electron chi connectivity index (χ0n) is 16.5. The minimum absolute atomic E-state index is 0.201. The lowest BCUT2D eigenvalue weighted by Gasteiger charge is -2.36. The zero-order chi connectivity index (χ0) is 21.5. The summed E-state index contributed by atoms with van der Waals surface area (Å²) in [5.74, 6) is -2.97. The average molecular weight is 414 g/mol. The summed E-state index contributed by atoms with van der Waals surface area (Å²) in [5, 5.41) is 7.13. The van der Waals surface area contributed by atoms with Gasteiger partial charge in [0.05, 0.1) is 11.6 Å². The number of aryl methyl sites for hydroxylation is 1. The van der Waals surface area contributed by atoms with Gasteiger partial charge in [0.15, 0.2) is 0 Å². The van der Waals surface area contributed by atoms with E-state index in [1.165, 1.54) is 6.07 Å². The van der Waals surface area contributed by atoms with E-state index < -0.39 is 23.9 Å². The lowest BCUT2D eigenvalue weighted by molar-refractivity contribution is -0.0554. The van der Waals surface area contributed by atoms with Gasteiger partial charge in [0.1, 0.15) is 11.6 Å². The molecule has 0 spiro atoms. The SMILES string of the molecule is Cn1ccc2c(Nc3nc(N[C@@H]4CCCC(F)(F)[C@@H]4N)ccc3C(N)=O)cccc21. The van der Waals surface area contributed by atoms with Gasteiger partial charge in [-0.1, -0.05) is 6.07 Å². The zero-order valence-corrected chi connectivity index (χ0v) is 16.5. The van der Waals surface area contributed by atoms with Gasteiger partial charge in [-0.05, 0) is 43.2 Å². The Balaban J connectivity index is 1.66. The number of carbonyl (C=O) groups is 1. The summed E-state index contributed by atoms with van der Waals surface area (Å²) in [6, 6.07) is 8.83. The third kappa shape index (κ3) is 3.68. The second kappa shape index (κ2) is 7.56. The van der Waals surface area contributed by atoms with Gasteiger partial charge in [0.25, 0.3) is 11.8 Å². The number of nitrogens with two attached hydrogens (primary N) is 2. The molecule has 6 N–H and O–H groups in total. The molecule has 2 aromatic heterocycles. The molecule has 1 saturated carbocycles. The molecule has 0 aliphatic heterocycles. The third-order valence-corrected chi connectivity index (χ3v) is 5.62. The molecule has 158 valence electrons. The van der Waals surface area contributed by atoms with Crippen LogP contribution >= 0.6 is 0 Å². The fourth-order valence-electron chi connectivity index (χ4n) is 3.92. The largest absolute Gasteiger partial charge is 0.365 e. The van der Waals surface area contributed by atoms with E-state index in [0.717, 1.165) is 16.6 Å². The average Bonchev–Trinajstić information content (AvgIpc) is 3.08. The highest BCUT2D eigenvalue weighted by Crippen LogP contribution is 2.34. The van der Waals surface area contributed by atoms with Crippen LogP contribution in [0.1, 0.15) is 29.6 Å². The number of nitrogens with zero attached hydrogens (tertiary/aromatic N) is 2. The van der Waals surface area contributed by atoms with Crippen molar-refractivity contribution in [3.8, 4) is 0 Å². The predicted octanol–water partition coefficient (Wildman–Crippen LogP) is 3.34. The molecule has 7 nitrogen and oxygen atoms in total. The van der Waals surface area contributed by atoms with Crippen LogP contribution in [0.4, 0.5) is 26.1 Å². The van der Waals surface area contributed by atoms with Gasteiger partial charge in [-0.2, -0.15) is 0 Å². The molecule has 2 heterocycles. The molecule has 1 aromatic carbocycles. The maximum absolute atomic E-state index is 14.0. The van der Waals surface area contributed by atoms with E-state index in [9.17, 15) is 13.6 Å². The Morgan fingerprint density at radius 3 is 2.83 bits per heavy atom. The number of rotatable bonds is 5. The Morgan fingerprint density at radius 2 is 2.07 bits per heavy atom. The lowest BCUT2D eigenvalue weighted by atomic mass is 9.87. The van der Waals surface area contributed by atoms with Crippen LogP contribution in [0.5, 0.6) is 0 Å². The van der Waals surface area contributed by atoms with Gasteiger partial charge in [-0.3, -0.25) is 4.79 Å². The van der Waals surface area contributed by atoms with Crippen LogP contribution in [-0.4, -0.2) is 33.5 Å². The van der Waals surface area contributed by atoms with E-state index >= 15 is 0 Å². The van der Waals surface area contributed by atoms with E-state index in [0.29, 0.717) is 18.7 Å². The third-order valence-electron chi connectivity index (χ3n) is 5.62. The number of fused-ring (bicyclic) bond motifs is 1. The number of primary amides is 1. The summed E-state index contributed by atoms with van der Waals surface area (Å²) in [5.41, 5.74) is 13.2. The van der Waals surface area contributed by atoms with Crippen LogP contribution in [0.15, 0.2) is 42.6 Å². The number of hydrogen-bond acceptors (Lipinski definition) is 5. The molecule has 9 heteroatoms. The number of aromatic nitrogens is 2. The number of hydrogen-bond donors (Lipinski definition) is 4. The van der Waals surface area contributed by atoms with Crippen molar-refractivity contribution in [3.63, 3.8) is 0 Å². The van der Waals surface area contributed by atoms with Crippen LogP contribution < -0.4 is 22.1 Å². The number of benzene rings is 1. The summed E-state index contributed by atoms with van der Waals surface area (Å²) < 4.78 is 29.9. The Kier molecular flexibility index (Phi) is 5.07. The van der Waals surface area contributed by atoms with Crippen molar-refractivity contribution < 1.29 is 13.6 Å². The number of pyridine rings is 1. The van der Waals surface area contributed by atoms with Crippen LogP contribution in [0, 0.1) is 0 Å². The van der Waals surface area contributed by atoms with Crippen LogP contribution in [0.25, 0.3) is 10.9 Å². The molecule has 1 aliphatic carbocycles. The molecule has 1 amide bonds. The van der Waals surface area contributed by atoms with Crippen molar-refractivity contribution in [1.82, 2.24) is 9.55 Å². The normalized spacial score (nSPS) is 20.8. The highest BCUT2D eigenvalue weighted by atomic mass is 19.3. The Bertz CT molecular complexity index is 1100. The molecule has 0 radical (unpaired) electrons. The van der Waals surface area contributed by atoms with Gasteiger partial charge in [-0.15, -0.1) is 0 Å². The fourth-order valence-corrected chi connectivity index (χ4v) is 3.92. The smallest absolute Gasteiger partial charge is 0.264 e. The van der Waals surface area contributed by atoms with Gasteiger partial charge < -0.3 is 26.7 Å². The first-order chi connectivity index (χ1) is 14.3. The van der Waals surface area contributed by atoms with Crippen LogP contribution in [0.3, 0.4) is 0 Å². The van der Waals surface area contributed by atoms with Crippen LogP contribution in [0.2, 0.25) is 0 Å². The first-order valence-corrected chi connectivity index (χ1v) is 9.78. The lowest BCUT2D eigenvalue weighted by Crippen LogP contribution is -2.55. The summed E-state index contributed by atoms with van der Waals surface area (Å²) in [4.78, 5) is 16.4. The Morgan fingerprint density at radius 1 is 1.27 bits per heavy atom. The van der Waals surface area contributed by atoms with Crippen molar-refractivity contribution in [2.45, 2.75) is 37.3 Å². The second-order valence-electron chi connectivity index (χ2n) is 7.68. The van der Waals surface area contributed by atoms with E-state index in [4.69, 9.17) is 11.5 Å². The summed E-state index contributed by atoms with van der Waals surface area (Å²) >= 11 is 0. The maximum atomic E-state index is 14.0. The van der Waals surface area contributed by atoms with Gasteiger partial charge in [-0.25, -0.2) is 13.8 Å². The quantitative estimate of drug-likeness (QED) is 0.512. The standard InChI is InChI=1S/C21H24F2N6O/c1-29-11-9-12-14(4-2-6-16(12)29)27-20-13(19(25)30)7-8-17(28-20)26-15-5-3-10-21(22,23)18(15)24/h2,4,6-9,11,15,18H,3,5,10,24H2,1H3,(H2,25,30)(H2,26,27,28)/t15-,18-/m1/s1. The summed E-state index contributed by atoms with van der Waals surface area (Å²) in [6.45, 7) is 0. The molecular weight excluding hydrogens is 390 g/mol. The van der Waals surface area contributed by atoms with E-state index in [2.05, 4.69) is 15.6 Å². The molecule has 1 fully saturated rings. The topological polar surface area (TPSA) is 111 Å². The number of nitrogens with one attached hydrogen (secondary N) is 2. The van der Waals surface area contributed by atoms with Crippen molar-refractivity contribution in [3.05, 3.63) is 48.2 Å². The highest BCUT2D eigenvalue weighted by molar-refractivity contribution is 6.00. The van der Waals surface area contributed by atoms with Gasteiger partial charge >= 0.3 is 0 Å². The highest BCUT2D eigenvalue weighted by Gasteiger charge is 2.44. The molecule has 2 atom stereocenters. The summed E-state index contributed by atoms with van der Waals surface area (Å²) in [7, 11) is 1.94. The number of halogens is 2. The van der Waals surface area contributed by atoms with Crippen molar-refractivity contribution in [2.75, 3.05) is 10.6 Å². The Hall–Kier alpha value is -3.20. The number of amides is 1. The van der Waals surface area contributed by atoms with Gasteiger partial charge in [0, 0.05) is 42.3 Å². The van der Waals surface area contributed by atoms with E-state index in [1.54, 1.807) is 6.07 Å². The first kappa shape index (κ1) is 20.1. The number of carbonyl (C=O) groups excluding carboxylic acids is 1. The van der Waals surface area contributed by atoms with Gasteiger partial charge in [0.2, 0.25) is 0 Å². The summed E-state index contributed by atoms with van der Waals surface area (Å²) in [6.07, 6.45) is 2.61. The molecule has 3 aromatic rings. The molecule has 0 bridgehead atoms. The minimum atomic E-state index is -2.92. The molecule has 1 aliphatic rings. The fraction of sp³-hybridized carbons (Fsp3) is 0.333. The second-order valence-corrected chi connectivity index (χ2v) is 7.68. The molecule has 0 unspecified atom stereocenters. The first-order valence-electron chi connectivity index (χ1n) is 9.78. The Labute approximate surface area is 172 Å². The molecule has 0 saturated heterocycles. The molecule has 30 heavy (non-hydrogen) atoms.